The summed E-state index contributed by atoms with van der Waals surface area (Å²) >= 11 is 0. The Morgan fingerprint density at radius 1 is 1.00 bits per heavy atom. The molecule has 0 radical (unpaired) electrons. The Bertz CT molecular complexity index is 944. The van der Waals surface area contributed by atoms with Crippen LogP contribution in [-0.4, -0.2) is 30.7 Å². The van der Waals surface area contributed by atoms with E-state index in [4.69, 9.17) is 10.00 Å². The summed E-state index contributed by atoms with van der Waals surface area (Å²) in [6.07, 6.45) is 3.24. The number of rotatable bonds is 5. The van der Waals surface area contributed by atoms with Crippen LogP contribution in [-0.2, 0) is 9.53 Å². The zero-order valence-corrected chi connectivity index (χ0v) is 16.8. The monoisotopic (exact) mass is 403 g/mol. The van der Waals surface area contributed by atoms with Crippen molar-refractivity contribution in [3.05, 3.63) is 59.7 Å². The van der Waals surface area contributed by atoms with Crippen LogP contribution < -0.4 is 10.6 Å². The van der Waals surface area contributed by atoms with Gasteiger partial charge in [0.15, 0.2) is 0 Å². The number of carbonyl (C=O) groups excluding carboxylic acids is 2. The number of amides is 2. The van der Waals surface area contributed by atoms with Gasteiger partial charge in [-0.1, -0.05) is 67.8 Å². The Balaban J connectivity index is 1.47. The van der Waals surface area contributed by atoms with Crippen LogP contribution in [0.4, 0.5) is 4.79 Å². The summed E-state index contributed by atoms with van der Waals surface area (Å²) in [5.74, 6) is -0.338. The maximum Gasteiger partial charge on any atom is 0.408 e. The third-order valence-corrected chi connectivity index (χ3v) is 6.15. The number of benzene rings is 2. The highest BCUT2D eigenvalue weighted by atomic mass is 16.5. The number of nitrogens with zero attached hydrogens (tertiary/aromatic N) is 1. The van der Waals surface area contributed by atoms with Crippen LogP contribution >= 0.6 is 0 Å². The fraction of sp³-hybridized carbons (Fsp3) is 0.375. The molecule has 0 atom stereocenters. The van der Waals surface area contributed by atoms with Crippen molar-refractivity contribution in [3.63, 3.8) is 0 Å². The Labute approximate surface area is 176 Å². The molecule has 0 aliphatic heterocycles. The van der Waals surface area contributed by atoms with Crippen LogP contribution in [0, 0.1) is 11.3 Å². The van der Waals surface area contributed by atoms with Crippen LogP contribution in [0.15, 0.2) is 48.5 Å². The van der Waals surface area contributed by atoms with E-state index in [1.165, 1.54) is 11.1 Å². The van der Waals surface area contributed by atoms with Crippen molar-refractivity contribution < 1.29 is 14.3 Å². The van der Waals surface area contributed by atoms with Gasteiger partial charge in [0.05, 0.1) is 6.07 Å². The molecule has 6 heteroatoms. The second-order valence-corrected chi connectivity index (χ2v) is 7.93. The largest absolute Gasteiger partial charge is 0.449 e. The Kier molecular flexibility index (Phi) is 5.71. The van der Waals surface area contributed by atoms with Crippen LogP contribution in [0.2, 0.25) is 0 Å². The van der Waals surface area contributed by atoms with Crippen molar-refractivity contribution >= 4 is 12.0 Å². The first-order valence-corrected chi connectivity index (χ1v) is 10.4. The lowest BCUT2D eigenvalue weighted by atomic mass is 9.81. The molecule has 2 amide bonds. The first kappa shape index (κ1) is 20.0. The van der Waals surface area contributed by atoms with Crippen molar-refractivity contribution in [1.29, 1.82) is 5.26 Å². The summed E-state index contributed by atoms with van der Waals surface area (Å²) < 4.78 is 5.63. The summed E-state index contributed by atoms with van der Waals surface area (Å²) in [5, 5.41) is 14.2. The number of alkyl carbamates (subject to hydrolysis) is 1. The molecule has 0 saturated heterocycles. The second kappa shape index (κ2) is 8.58. The van der Waals surface area contributed by atoms with E-state index in [1.54, 1.807) is 0 Å². The minimum atomic E-state index is -1.00. The highest BCUT2D eigenvalue weighted by Gasteiger charge is 2.41. The van der Waals surface area contributed by atoms with Crippen molar-refractivity contribution in [3.8, 4) is 17.2 Å². The van der Waals surface area contributed by atoms with E-state index in [1.807, 2.05) is 30.3 Å². The highest BCUT2D eigenvalue weighted by Crippen LogP contribution is 2.44. The number of carbonyl (C=O) groups is 2. The molecule has 154 valence electrons. The average Bonchev–Trinajstić information content (AvgIpc) is 3.10. The predicted octanol–water partition coefficient (Wildman–Crippen LogP) is 3.87. The summed E-state index contributed by atoms with van der Waals surface area (Å²) in [6, 6.07) is 18.2. The van der Waals surface area contributed by atoms with Gasteiger partial charge in [-0.25, -0.2) is 4.79 Å². The molecule has 0 aromatic heterocycles. The number of nitriles is 1. The number of nitrogens with one attached hydrogen (secondary N) is 2. The Hall–Kier alpha value is -3.33. The first-order valence-electron chi connectivity index (χ1n) is 10.4. The van der Waals surface area contributed by atoms with Crippen molar-refractivity contribution in [2.45, 2.75) is 43.6 Å². The zero-order chi connectivity index (χ0) is 21.0. The van der Waals surface area contributed by atoms with Gasteiger partial charge < -0.3 is 15.4 Å². The predicted molar refractivity (Wildman–Crippen MR) is 113 cm³/mol. The minimum Gasteiger partial charge on any atom is -0.449 e. The lowest BCUT2D eigenvalue weighted by Gasteiger charge is -2.36. The number of fused-ring (bicyclic) bond motifs is 3. The van der Waals surface area contributed by atoms with E-state index in [9.17, 15) is 9.59 Å². The molecule has 30 heavy (non-hydrogen) atoms. The number of hydrogen-bond acceptors (Lipinski definition) is 4. The molecule has 2 aromatic rings. The molecule has 0 unspecified atom stereocenters. The molecule has 2 aliphatic rings. The highest BCUT2D eigenvalue weighted by molar-refractivity contribution is 5.90. The van der Waals surface area contributed by atoms with Crippen molar-refractivity contribution in [2.75, 3.05) is 13.2 Å². The maximum absolute atomic E-state index is 12.7. The fourth-order valence-electron chi connectivity index (χ4n) is 4.68. The van der Waals surface area contributed by atoms with Gasteiger partial charge in [0.25, 0.3) is 0 Å². The molecular weight excluding hydrogens is 378 g/mol. The number of ether oxygens (including phenoxy) is 1. The van der Waals surface area contributed by atoms with Crippen LogP contribution in [0.25, 0.3) is 11.1 Å². The SMILES string of the molecule is N#CCNC(=O)C1(NC(=O)OCC2c3ccccc3-c3ccccc32)CCCCC1. The molecule has 2 aromatic carbocycles. The third-order valence-electron chi connectivity index (χ3n) is 6.15. The molecule has 1 saturated carbocycles. The van der Waals surface area contributed by atoms with E-state index in [0.29, 0.717) is 12.8 Å². The van der Waals surface area contributed by atoms with E-state index in [-0.39, 0.29) is 25.0 Å². The normalized spacial score (nSPS) is 16.6. The summed E-state index contributed by atoms with van der Waals surface area (Å²) in [5.41, 5.74) is 3.62. The average molecular weight is 403 g/mol. The van der Waals surface area contributed by atoms with E-state index in [2.05, 4.69) is 34.9 Å². The molecule has 2 aliphatic carbocycles. The summed E-state index contributed by atoms with van der Waals surface area (Å²) in [7, 11) is 0. The lowest BCUT2D eigenvalue weighted by Crippen LogP contribution is -2.59. The van der Waals surface area contributed by atoms with E-state index in [0.717, 1.165) is 30.4 Å². The van der Waals surface area contributed by atoms with Crippen LogP contribution in [0.5, 0.6) is 0 Å². The van der Waals surface area contributed by atoms with Gasteiger partial charge in [-0.3, -0.25) is 4.79 Å². The molecule has 1 fully saturated rings. The van der Waals surface area contributed by atoms with Gasteiger partial charge in [0.2, 0.25) is 5.91 Å². The first-order chi connectivity index (χ1) is 14.6. The minimum absolute atomic E-state index is 0.0297. The third kappa shape index (κ3) is 3.76. The van der Waals surface area contributed by atoms with Crippen molar-refractivity contribution in [2.24, 2.45) is 0 Å². The molecule has 0 bridgehead atoms. The molecule has 2 N–H and O–H groups in total. The lowest BCUT2D eigenvalue weighted by molar-refractivity contribution is -0.128. The smallest absolute Gasteiger partial charge is 0.408 e. The van der Waals surface area contributed by atoms with Gasteiger partial charge in [-0.2, -0.15) is 5.26 Å². The summed E-state index contributed by atoms with van der Waals surface area (Å²) in [6.45, 7) is 0.128. The van der Waals surface area contributed by atoms with Crippen LogP contribution in [0.3, 0.4) is 0 Å². The van der Waals surface area contributed by atoms with Gasteiger partial charge in [0, 0.05) is 5.92 Å². The van der Waals surface area contributed by atoms with Gasteiger partial charge in [-0.05, 0) is 35.1 Å². The molecule has 0 spiro atoms. The van der Waals surface area contributed by atoms with Crippen LogP contribution in [0.1, 0.15) is 49.1 Å². The summed E-state index contributed by atoms with van der Waals surface area (Å²) in [4.78, 5) is 25.4. The zero-order valence-electron chi connectivity index (χ0n) is 16.8. The molecule has 0 heterocycles. The number of hydrogen-bond donors (Lipinski definition) is 2. The fourth-order valence-corrected chi connectivity index (χ4v) is 4.68. The molecule has 4 rings (SSSR count). The topological polar surface area (TPSA) is 91.2 Å². The second-order valence-electron chi connectivity index (χ2n) is 7.93. The van der Waals surface area contributed by atoms with Gasteiger partial charge in [0.1, 0.15) is 18.7 Å². The van der Waals surface area contributed by atoms with E-state index >= 15 is 0 Å². The van der Waals surface area contributed by atoms with E-state index < -0.39 is 11.6 Å². The molecular formula is C24H25N3O3. The Morgan fingerprint density at radius 2 is 1.60 bits per heavy atom. The maximum atomic E-state index is 12.7. The quantitative estimate of drug-likeness (QED) is 0.742. The van der Waals surface area contributed by atoms with Gasteiger partial charge >= 0.3 is 6.09 Å². The standard InChI is InChI=1S/C24H25N3O3/c25-14-15-26-22(28)24(12-6-1-7-13-24)27-23(29)30-16-21-19-10-4-2-8-17(19)18-9-3-5-11-20(18)21/h2-5,8-11,21H,1,6-7,12-13,15-16H2,(H,26,28)(H,27,29). The van der Waals surface area contributed by atoms with Crippen molar-refractivity contribution in [1.82, 2.24) is 10.6 Å². The molecule has 6 nitrogen and oxygen atoms in total. The van der Waals surface area contributed by atoms with Gasteiger partial charge in [-0.15, -0.1) is 0 Å². The Morgan fingerprint density at radius 3 is 2.20 bits per heavy atom.